The summed E-state index contributed by atoms with van der Waals surface area (Å²) in [7, 11) is -3.68. The van der Waals surface area contributed by atoms with Gasteiger partial charge in [0.15, 0.2) is 0 Å². The molecule has 3 aromatic carbocycles. The lowest BCUT2D eigenvalue weighted by Crippen LogP contribution is -2.13. The Morgan fingerprint density at radius 2 is 1.58 bits per heavy atom. The molecule has 0 aliphatic heterocycles. The van der Waals surface area contributed by atoms with Crippen LogP contribution in [-0.2, 0) is 15.8 Å². The summed E-state index contributed by atoms with van der Waals surface area (Å²) in [6, 6.07) is 20.4. The van der Waals surface area contributed by atoms with E-state index in [1.807, 2.05) is 19.1 Å². The quantitative estimate of drug-likeness (QED) is 0.589. The second-order valence-electron chi connectivity index (χ2n) is 5.79. The average molecular weight is 388 g/mol. The zero-order chi connectivity index (χ0) is 18.6. The molecule has 0 radical (unpaired) electrons. The smallest absolute Gasteiger partial charge is 0.261 e. The van der Waals surface area contributed by atoms with Crippen LogP contribution in [0.1, 0.15) is 11.1 Å². The molecule has 0 bridgehead atoms. The third-order valence-corrected chi connectivity index (χ3v) is 6.31. The molecular weight excluding hydrogens is 369 g/mol. The van der Waals surface area contributed by atoms with Gasteiger partial charge in [-0.05, 0) is 42.8 Å². The highest BCUT2D eigenvalue weighted by molar-refractivity contribution is 7.98. The highest BCUT2D eigenvalue weighted by atomic mass is 32.2. The first-order valence-electron chi connectivity index (χ1n) is 8.00. The second-order valence-corrected chi connectivity index (χ2v) is 8.49. The van der Waals surface area contributed by atoms with Gasteiger partial charge in [0.1, 0.15) is 5.82 Å². The molecule has 0 aliphatic rings. The van der Waals surface area contributed by atoms with Crippen LogP contribution in [0.3, 0.4) is 0 Å². The van der Waals surface area contributed by atoms with Crippen molar-refractivity contribution in [2.24, 2.45) is 0 Å². The van der Waals surface area contributed by atoms with Crippen molar-refractivity contribution in [3.63, 3.8) is 0 Å². The first-order chi connectivity index (χ1) is 12.5. The van der Waals surface area contributed by atoms with Gasteiger partial charge in [0.2, 0.25) is 0 Å². The van der Waals surface area contributed by atoms with Crippen molar-refractivity contribution in [3.8, 4) is 0 Å². The predicted molar refractivity (Wildman–Crippen MR) is 104 cm³/mol. The molecule has 0 atom stereocenters. The van der Waals surface area contributed by atoms with E-state index in [0.29, 0.717) is 17.0 Å². The Kier molecular flexibility index (Phi) is 5.64. The number of benzene rings is 3. The first kappa shape index (κ1) is 18.5. The van der Waals surface area contributed by atoms with Crippen LogP contribution in [0.15, 0.2) is 82.6 Å². The molecule has 1 N–H and O–H groups in total. The molecule has 6 heteroatoms. The van der Waals surface area contributed by atoms with E-state index in [-0.39, 0.29) is 10.7 Å². The standard InChI is InChI=1S/C20H18FNO2S2/c1-15-10-12-17(13-11-15)26(23,24)22-19-8-4-5-9-20(19)25-14-16-6-2-3-7-18(16)21/h2-13,22H,14H2,1H3. The van der Waals surface area contributed by atoms with E-state index < -0.39 is 10.0 Å². The van der Waals surface area contributed by atoms with E-state index in [2.05, 4.69) is 4.72 Å². The molecule has 0 spiro atoms. The molecule has 3 nitrogen and oxygen atoms in total. The van der Waals surface area contributed by atoms with Gasteiger partial charge in [-0.25, -0.2) is 12.8 Å². The summed E-state index contributed by atoms with van der Waals surface area (Å²) >= 11 is 1.39. The third-order valence-electron chi connectivity index (χ3n) is 3.80. The van der Waals surface area contributed by atoms with Gasteiger partial charge in [0, 0.05) is 10.6 Å². The Morgan fingerprint density at radius 1 is 0.923 bits per heavy atom. The van der Waals surface area contributed by atoms with Gasteiger partial charge in [-0.2, -0.15) is 0 Å². The van der Waals surface area contributed by atoms with Gasteiger partial charge in [-0.1, -0.05) is 48.0 Å². The van der Waals surface area contributed by atoms with Crippen LogP contribution in [-0.4, -0.2) is 8.42 Å². The van der Waals surface area contributed by atoms with Crippen molar-refractivity contribution in [1.29, 1.82) is 0 Å². The highest BCUT2D eigenvalue weighted by Gasteiger charge is 2.16. The number of aryl methyl sites for hydroxylation is 1. The van der Waals surface area contributed by atoms with E-state index in [1.54, 1.807) is 54.6 Å². The lowest BCUT2D eigenvalue weighted by atomic mass is 10.2. The van der Waals surface area contributed by atoms with Gasteiger partial charge in [0.25, 0.3) is 10.0 Å². The van der Waals surface area contributed by atoms with Crippen LogP contribution in [0.25, 0.3) is 0 Å². The minimum Gasteiger partial charge on any atom is -0.278 e. The predicted octanol–water partition coefficient (Wildman–Crippen LogP) is 5.23. The van der Waals surface area contributed by atoms with Crippen molar-refractivity contribution in [2.45, 2.75) is 22.5 Å². The molecule has 3 rings (SSSR count). The number of rotatable bonds is 6. The van der Waals surface area contributed by atoms with Crippen LogP contribution in [0.2, 0.25) is 0 Å². The Bertz CT molecular complexity index is 1000. The Morgan fingerprint density at radius 3 is 2.31 bits per heavy atom. The van der Waals surface area contributed by atoms with Crippen LogP contribution >= 0.6 is 11.8 Å². The zero-order valence-corrected chi connectivity index (χ0v) is 15.8. The maximum atomic E-state index is 13.8. The summed E-state index contributed by atoms with van der Waals surface area (Å²) < 4.78 is 41.7. The molecule has 0 fully saturated rings. The molecule has 3 aromatic rings. The Balaban J connectivity index is 1.81. The maximum absolute atomic E-state index is 13.8. The van der Waals surface area contributed by atoms with Crippen molar-refractivity contribution in [2.75, 3.05) is 4.72 Å². The second kappa shape index (κ2) is 7.93. The lowest BCUT2D eigenvalue weighted by molar-refractivity contribution is 0.601. The average Bonchev–Trinajstić information content (AvgIpc) is 2.62. The van der Waals surface area contributed by atoms with E-state index in [9.17, 15) is 12.8 Å². The fourth-order valence-electron chi connectivity index (χ4n) is 2.37. The third kappa shape index (κ3) is 4.45. The molecule has 0 saturated carbocycles. The van der Waals surface area contributed by atoms with Crippen molar-refractivity contribution >= 4 is 27.5 Å². The monoisotopic (exact) mass is 387 g/mol. The summed E-state index contributed by atoms with van der Waals surface area (Å²) in [4.78, 5) is 0.948. The van der Waals surface area contributed by atoms with Gasteiger partial charge in [-0.3, -0.25) is 4.72 Å². The van der Waals surface area contributed by atoms with Gasteiger partial charge < -0.3 is 0 Å². The van der Waals surface area contributed by atoms with Crippen molar-refractivity contribution in [3.05, 3.63) is 89.7 Å². The van der Waals surface area contributed by atoms with Crippen molar-refractivity contribution in [1.82, 2.24) is 0 Å². The number of sulfonamides is 1. The molecule has 26 heavy (non-hydrogen) atoms. The summed E-state index contributed by atoms with van der Waals surface area (Å²) in [6.07, 6.45) is 0. The summed E-state index contributed by atoms with van der Waals surface area (Å²) in [6.45, 7) is 1.90. The minimum absolute atomic E-state index is 0.206. The Labute approximate surface area is 157 Å². The largest absolute Gasteiger partial charge is 0.278 e. The number of hydrogen-bond acceptors (Lipinski definition) is 3. The highest BCUT2D eigenvalue weighted by Crippen LogP contribution is 2.31. The van der Waals surface area contributed by atoms with E-state index in [4.69, 9.17) is 0 Å². The maximum Gasteiger partial charge on any atom is 0.261 e. The number of hydrogen-bond donors (Lipinski definition) is 1. The SMILES string of the molecule is Cc1ccc(S(=O)(=O)Nc2ccccc2SCc2ccccc2F)cc1. The normalized spacial score (nSPS) is 11.3. The number of thioether (sulfide) groups is 1. The van der Waals surface area contributed by atoms with Gasteiger partial charge in [-0.15, -0.1) is 11.8 Å². The zero-order valence-electron chi connectivity index (χ0n) is 14.1. The summed E-state index contributed by atoms with van der Waals surface area (Å²) in [5.74, 6) is 0.147. The summed E-state index contributed by atoms with van der Waals surface area (Å²) in [5.41, 5.74) is 2.05. The molecule has 0 unspecified atom stereocenters. The van der Waals surface area contributed by atoms with Crippen LogP contribution < -0.4 is 4.72 Å². The number of halogens is 1. The van der Waals surface area contributed by atoms with Crippen molar-refractivity contribution < 1.29 is 12.8 Å². The van der Waals surface area contributed by atoms with Crippen LogP contribution in [0, 0.1) is 12.7 Å². The molecule has 0 aromatic heterocycles. The number of anilines is 1. The molecule has 0 aliphatic carbocycles. The fourth-order valence-corrected chi connectivity index (χ4v) is 4.51. The fraction of sp³-hybridized carbons (Fsp3) is 0.100. The molecule has 134 valence electrons. The first-order valence-corrected chi connectivity index (χ1v) is 10.5. The lowest BCUT2D eigenvalue weighted by Gasteiger charge is -2.13. The Hall–Kier alpha value is -2.31. The molecule has 0 saturated heterocycles. The molecule has 0 amide bonds. The van der Waals surface area contributed by atoms with Gasteiger partial charge >= 0.3 is 0 Å². The number of nitrogens with one attached hydrogen (secondary N) is 1. The van der Waals surface area contributed by atoms with E-state index in [0.717, 1.165) is 10.5 Å². The van der Waals surface area contributed by atoms with E-state index in [1.165, 1.54) is 17.8 Å². The van der Waals surface area contributed by atoms with Crippen LogP contribution in [0.5, 0.6) is 0 Å². The topological polar surface area (TPSA) is 46.2 Å². The number of para-hydroxylation sites is 1. The summed E-state index contributed by atoms with van der Waals surface area (Å²) in [5, 5.41) is 0. The van der Waals surface area contributed by atoms with E-state index >= 15 is 0 Å². The minimum atomic E-state index is -3.68. The van der Waals surface area contributed by atoms with Gasteiger partial charge in [0.05, 0.1) is 10.6 Å². The molecular formula is C20H18FNO2S2. The van der Waals surface area contributed by atoms with Crippen LogP contribution in [0.4, 0.5) is 10.1 Å². The molecule has 0 heterocycles.